The smallest absolute Gasteiger partial charge is 0.161 e. The number of halogens is 1. The Bertz CT molecular complexity index is 209. The third-order valence-corrected chi connectivity index (χ3v) is 1.05. The number of hydrogen-bond donors (Lipinski definition) is 1. The van der Waals surface area contributed by atoms with E-state index in [2.05, 4.69) is 5.10 Å². The number of aromatic nitrogens is 2. The molecule has 0 aliphatic rings. The first-order valence-corrected chi connectivity index (χ1v) is 3.04. The van der Waals surface area contributed by atoms with E-state index < -0.39 is 6.10 Å². The van der Waals surface area contributed by atoms with Gasteiger partial charge in [-0.25, -0.2) is 4.39 Å². The van der Waals surface area contributed by atoms with Crippen molar-refractivity contribution in [2.24, 2.45) is 0 Å². The van der Waals surface area contributed by atoms with Crippen LogP contribution >= 0.6 is 0 Å². The zero-order valence-corrected chi connectivity index (χ0v) is 5.66. The molecule has 1 rings (SSSR count). The summed E-state index contributed by atoms with van der Waals surface area (Å²) >= 11 is 0. The third-order valence-electron chi connectivity index (χ3n) is 1.05. The molecular weight excluding hydrogens is 135 g/mol. The first-order valence-electron chi connectivity index (χ1n) is 3.04. The van der Waals surface area contributed by atoms with Crippen LogP contribution in [0.5, 0.6) is 0 Å². The van der Waals surface area contributed by atoms with Crippen LogP contribution in [-0.2, 0) is 6.54 Å². The van der Waals surface area contributed by atoms with Gasteiger partial charge in [-0.1, -0.05) is 0 Å². The van der Waals surface area contributed by atoms with Crippen molar-refractivity contribution in [3.63, 3.8) is 0 Å². The van der Waals surface area contributed by atoms with E-state index in [9.17, 15) is 4.39 Å². The summed E-state index contributed by atoms with van der Waals surface area (Å²) in [5.41, 5.74) is 0. The molecule has 1 N–H and O–H groups in total. The minimum Gasteiger partial charge on any atom is -0.391 e. The molecule has 0 saturated carbocycles. The molecule has 4 heteroatoms. The van der Waals surface area contributed by atoms with E-state index in [1.54, 1.807) is 6.92 Å². The Kier molecular flexibility index (Phi) is 2.01. The molecule has 3 nitrogen and oxygen atoms in total. The van der Waals surface area contributed by atoms with Gasteiger partial charge in [0.1, 0.15) is 0 Å². The molecule has 1 heterocycles. The number of hydrogen-bond acceptors (Lipinski definition) is 2. The van der Waals surface area contributed by atoms with Crippen molar-refractivity contribution in [3.05, 3.63) is 18.2 Å². The normalized spacial score (nSPS) is 13.5. The highest BCUT2D eigenvalue weighted by molar-refractivity contribution is 4.83. The summed E-state index contributed by atoms with van der Waals surface area (Å²) in [6.07, 6.45) is 1.87. The maximum absolute atomic E-state index is 12.2. The molecule has 0 aromatic carbocycles. The van der Waals surface area contributed by atoms with Crippen LogP contribution in [0.2, 0.25) is 0 Å². The third kappa shape index (κ3) is 1.80. The highest BCUT2D eigenvalue weighted by Gasteiger charge is 1.99. The first-order chi connectivity index (χ1) is 4.68. The van der Waals surface area contributed by atoms with Crippen molar-refractivity contribution in [2.75, 3.05) is 0 Å². The predicted molar refractivity (Wildman–Crippen MR) is 33.9 cm³/mol. The van der Waals surface area contributed by atoms with Gasteiger partial charge in [-0.3, -0.25) is 4.68 Å². The maximum Gasteiger partial charge on any atom is 0.161 e. The molecule has 0 aliphatic carbocycles. The Morgan fingerprint density at radius 3 is 3.00 bits per heavy atom. The Hall–Kier alpha value is -0.900. The maximum atomic E-state index is 12.2. The van der Waals surface area contributed by atoms with Crippen LogP contribution in [0.25, 0.3) is 0 Å². The molecule has 1 atom stereocenters. The summed E-state index contributed by atoms with van der Waals surface area (Å²) in [5.74, 6) is -0.374. The lowest BCUT2D eigenvalue weighted by Gasteiger charge is -2.01. The van der Waals surface area contributed by atoms with Crippen LogP contribution in [-0.4, -0.2) is 21.0 Å². The SMILES string of the molecule is CC(O)Cn1cc(F)cn1. The van der Waals surface area contributed by atoms with E-state index in [1.165, 1.54) is 10.9 Å². The predicted octanol–water partition coefficient (Wildman–Crippen LogP) is 0.403. The lowest BCUT2D eigenvalue weighted by Crippen LogP contribution is -2.11. The zero-order valence-electron chi connectivity index (χ0n) is 5.66. The van der Waals surface area contributed by atoms with Gasteiger partial charge in [0.2, 0.25) is 0 Å². The van der Waals surface area contributed by atoms with Gasteiger partial charge in [0, 0.05) is 0 Å². The fraction of sp³-hybridized carbons (Fsp3) is 0.500. The number of aliphatic hydroxyl groups excluding tert-OH is 1. The molecule has 0 fully saturated rings. The van der Waals surface area contributed by atoms with Gasteiger partial charge >= 0.3 is 0 Å². The quantitative estimate of drug-likeness (QED) is 0.652. The van der Waals surface area contributed by atoms with Gasteiger partial charge in [-0.2, -0.15) is 5.10 Å². The summed E-state index contributed by atoms with van der Waals surface area (Å²) in [5, 5.41) is 12.5. The lowest BCUT2D eigenvalue weighted by atomic mass is 10.4. The molecule has 0 radical (unpaired) electrons. The van der Waals surface area contributed by atoms with Gasteiger partial charge < -0.3 is 5.11 Å². The Morgan fingerprint density at radius 2 is 2.60 bits per heavy atom. The van der Waals surface area contributed by atoms with E-state index in [0.29, 0.717) is 6.54 Å². The second-order valence-corrected chi connectivity index (χ2v) is 2.23. The largest absolute Gasteiger partial charge is 0.391 e. The van der Waals surface area contributed by atoms with Crippen molar-refractivity contribution < 1.29 is 9.50 Å². The molecular formula is C6H9FN2O. The number of nitrogens with zero attached hydrogens (tertiary/aromatic N) is 2. The fourth-order valence-corrected chi connectivity index (χ4v) is 0.709. The number of aliphatic hydroxyl groups is 1. The molecule has 1 aromatic rings. The average Bonchev–Trinajstić information content (AvgIpc) is 2.13. The van der Waals surface area contributed by atoms with Crippen molar-refractivity contribution in [1.82, 2.24) is 9.78 Å². The standard InChI is InChI=1S/C6H9FN2O/c1-5(10)3-9-4-6(7)2-8-9/h2,4-5,10H,3H2,1H3. The minimum absolute atomic E-state index is 0.337. The summed E-state index contributed by atoms with van der Waals surface area (Å²) in [4.78, 5) is 0. The fourth-order valence-electron chi connectivity index (χ4n) is 0.709. The Labute approximate surface area is 58.1 Å². The molecule has 0 spiro atoms. The first kappa shape index (κ1) is 7.21. The van der Waals surface area contributed by atoms with Gasteiger partial charge in [0.25, 0.3) is 0 Å². The Balaban J connectivity index is 2.58. The monoisotopic (exact) mass is 144 g/mol. The van der Waals surface area contributed by atoms with Gasteiger partial charge in [0.15, 0.2) is 5.82 Å². The van der Waals surface area contributed by atoms with Crippen LogP contribution in [0.4, 0.5) is 4.39 Å². The van der Waals surface area contributed by atoms with Crippen LogP contribution in [0, 0.1) is 5.82 Å². The van der Waals surface area contributed by atoms with Crippen LogP contribution < -0.4 is 0 Å². The van der Waals surface area contributed by atoms with E-state index in [1.807, 2.05) is 0 Å². The van der Waals surface area contributed by atoms with Crippen molar-refractivity contribution in [3.8, 4) is 0 Å². The highest BCUT2D eigenvalue weighted by Crippen LogP contribution is 1.94. The molecule has 0 saturated heterocycles. The molecule has 1 aromatic heterocycles. The van der Waals surface area contributed by atoms with Gasteiger partial charge in [-0.05, 0) is 6.92 Å². The summed E-state index contributed by atoms with van der Waals surface area (Å²) in [6, 6.07) is 0. The Morgan fingerprint density at radius 1 is 1.90 bits per heavy atom. The zero-order chi connectivity index (χ0) is 7.56. The molecule has 56 valence electrons. The summed E-state index contributed by atoms with van der Waals surface area (Å²) in [7, 11) is 0. The van der Waals surface area contributed by atoms with Crippen LogP contribution in [0.3, 0.4) is 0 Å². The minimum atomic E-state index is -0.487. The average molecular weight is 144 g/mol. The highest BCUT2D eigenvalue weighted by atomic mass is 19.1. The van der Waals surface area contributed by atoms with E-state index in [-0.39, 0.29) is 5.82 Å². The van der Waals surface area contributed by atoms with Gasteiger partial charge in [-0.15, -0.1) is 0 Å². The second kappa shape index (κ2) is 2.79. The van der Waals surface area contributed by atoms with Crippen molar-refractivity contribution in [1.29, 1.82) is 0 Å². The molecule has 0 aliphatic heterocycles. The molecule has 10 heavy (non-hydrogen) atoms. The molecule has 1 unspecified atom stereocenters. The van der Waals surface area contributed by atoms with Crippen LogP contribution in [0.1, 0.15) is 6.92 Å². The van der Waals surface area contributed by atoms with Crippen molar-refractivity contribution >= 4 is 0 Å². The summed E-state index contributed by atoms with van der Waals surface area (Å²) < 4.78 is 13.6. The van der Waals surface area contributed by atoms with Gasteiger partial charge in [0.05, 0.1) is 25.0 Å². The van der Waals surface area contributed by atoms with Crippen LogP contribution in [0.15, 0.2) is 12.4 Å². The van der Waals surface area contributed by atoms with E-state index in [4.69, 9.17) is 5.11 Å². The molecule has 0 bridgehead atoms. The summed E-state index contributed by atoms with van der Waals surface area (Å²) in [6.45, 7) is 1.96. The van der Waals surface area contributed by atoms with E-state index >= 15 is 0 Å². The number of rotatable bonds is 2. The van der Waals surface area contributed by atoms with E-state index in [0.717, 1.165) is 6.20 Å². The topological polar surface area (TPSA) is 38.0 Å². The van der Waals surface area contributed by atoms with Crippen molar-refractivity contribution in [2.45, 2.75) is 19.6 Å². The molecule has 0 amide bonds. The second-order valence-electron chi connectivity index (χ2n) is 2.23. The lowest BCUT2D eigenvalue weighted by molar-refractivity contribution is 0.168.